The highest BCUT2D eigenvalue weighted by Gasteiger charge is 2.41. The van der Waals surface area contributed by atoms with Gasteiger partial charge in [0, 0.05) is 54.5 Å². The number of terminal acetylenes is 1. The zero-order chi connectivity index (χ0) is 25.0. The van der Waals surface area contributed by atoms with Crippen LogP contribution in [0.5, 0.6) is 5.75 Å². The molecule has 188 valence electrons. The molecule has 1 atom stereocenters. The number of rotatable bonds is 9. The summed E-state index contributed by atoms with van der Waals surface area (Å²) < 4.78 is 11.7. The molecule has 2 aliphatic rings. The minimum absolute atomic E-state index is 0.481. The number of likely N-dealkylation sites (tertiary alicyclic amines) is 2. The first-order valence-corrected chi connectivity index (χ1v) is 12.7. The Morgan fingerprint density at radius 1 is 1.14 bits per heavy atom. The standard InChI is InChI=1S/C29H35N5O2/c1-4-22-7-5-8-24(15-22)32-28-25-16-23(27(35-3)17-26(25)30-21-31-28)18-36-14-6-11-34-13-10-29(20-34)9-12-33(2)19-29/h1,5,7-8,15-17,21H,6,9-14,18-20H2,2-3H3,(H,30,31,32). The van der Waals surface area contributed by atoms with Crippen molar-refractivity contribution in [2.45, 2.75) is 25.9 Å². The highest BCUT2D eigenvalue weighted by molar-refractivity contribution is 5.92. The van der Waals surface area contributed by atoms with E-state index in [-0.39, 0.29) is 0 Å². The average Bonchev–Trinajstić information content (AvgIpc) is 3.47. The van der Waals surface area contributed by atoms with Gasteiger partial charge in [-0.15, -0.1) is 6.42 Å². The lowest BCUT2D eigenvalue weighted by Gasteiger charge is -2.23. The second-order valence-corrected chi connectivity index (χ2v) is 10.2. The molecule has 2 saturated heterocycles. The molecule has 1 aromatic heterocycles. The van der Waals surface area contributed by atoms with E-state index in [4.69, 9.17) is 15.9 Å². The van der Waals surface area contributed by atoms with Crippen LogP contribution in [0.25, 0.3) is 10.9 Å². The molecule has 0 aliphatic carbocycles. The van der Waals surface area contributed by atoms with Crippen LogP contribution in [0.2, 0.25) is 0 Å². The number of ether oxygens (including phenoxy) is 2. The number of nitrogens with one attached hydrogen (secondary N) is 1. The maximum absolute atomic E-state index is 6.10. The SMILES string of the molecule is C#Cc1cccc(Nc2ncnc3cc(OC)c(COCCCN4CCC5(CCN(C)C5)C4)cc23)c1. The molecule has 0 radical (unpaired) electrons. The molecule has 36 heavy (non-hydrogen) atoms. The second-order valence-electron chi connectivity index (χ2n) is 10.2. The number of aromatic nitrogens is 2. The topological polar surface area (TPSA) is 62.8 Å². The maximum atomic E-state index is 6.10. The molecular weight excluding hydrogens is 450 g/mol. The number of benzene rings is 2. The average molecular weight is 486 g/mol. The van der Waals surface area contributed by atoms with E-state index in [1.165, 1.54) is 39.0 Å². The Morgan fingerprint density at radius 2 is 2.03 bits per heavy atom. The summed E-state index contributed by atoms with van der Waals surface area (Å²) in [6.45, 7) is 7.23. The lowest BCUT2D eigenvalue weighted by molar-refractivity contribution is 0.108. The van der Waals surface area contributed by atoms with Crippen molar-refractivity contribution in [2.75, 3.05) is 58.8 Å². The number of methoxy groups -OCH3 is 1. The molecule has 3 aromatic rings. The van der Waals surface area contributed by atoms with E-state index in [0.29, 0.717) is 12.0 Å². The van der Waals surface area contributed by atoms with Gasteiger partial charge in [-0.25, -0.2) is 9.97 Å². The smallest absolute Gasteiger partial charge is 0.141 e. The molecule has 2 aromatic carbocycles. The molecule has 5 rings (SSSR count). The van der Waals surface area contributed by atoms with Gasteiger partial charge in [-0.2, -0.15) is 0 Å². The highest BCUT2D eigenvalue weighted by atomic mass is 16.5. The maximum Gasteiger partial charge on any atom is 0.141 e. The van der Waals surface area contributed by atoms with Crippen LogP contribution in [0.3, 0.4) is 0 Å². The van der Waals surface area contributed by atoms with Crippen LogP contribution < -0.4 is 10.1 Å². The molecule has 7 nitrogen and oxygen atoms in total. The Bertz CT molecular complexity index is 1260. The van der Waals surface area contributed by atoms with E-state index < -0.39 is 0 Å². The van der Waals surface area contributed by atoms with Crippen LogP contribution in [-0.2, 0) is 11.3 Å². The molecule has 2 fully saturated rings. The van der Waals surface area contributed by atoms with E-state index in [9.17, 15) is 0 Å². The zero-order valence-corrected chi connectivity index (χ0v) is 21.3. The lowest BCUT2D eigenvalue weighted by atomic mass is 9.86. The quantitative estimate of drug-likeness (QED) is 0.358. The van der Waals surface area contributed by atoms with Crippen molar-refractivity contribution in [1.82, 2.24) is 19.8 Å². The first-order valence-electron chi connectivity index (χ1n) is 12.7. The van der Waals surface area contributed by atoms with Crippen molar-refractivity contribution in [2.24, 2.45) is 5.41 Å². The molecule has 1 unspecified atom stereocenters. The van der Waals surface area contributed by atoms with Crippen molar-refractivity contribution < 1.29 is 9.47 Å². The molecule has 7 heteroatoms. The van der Waals surface area contributed by atoms with Gasteiger partial charge >= 0.3 is 0 Å². The number of nitrogens with zero attached hydrogens (tertiary/aromatic N) is 4. The van der Waals surface area contributed by atoms with Crippen LogP contribution >= 0.6 is 0 Å². The largest absolute Gasteiger partial charge is 0.496 e. The predicted octanol–water partition coefficient (Wildman–Crippen LogP) is 4.30. The van der Waals surface area contributed by atoms with Crippen molar-refractivity contribution in [3.63, 3.8) is 0 Å². The minimum atomic E-state index is 0.481. The van der Waals surface area contributed by atoms with E-state index in [0.717, 1.165) is 58.9 Å². The third-order valence-corrected chi connectivity index (χ3v) is 7.50. The molecule has 0 saturated carbocycles. The Hall–Kier alpha value is -3.18. The summed E-state index contributed by atoms with van der Waals surface area (Å²) >= 11 is 0. The third kappa shape index (κ3) is 5.46. The summed E-state index contributed by atoms with van der Waals surface area (Å²) in [6.07, 6.45) is 10.8. The van der Waals surface area contributed by atoms with Crippen LogP contribution in [0.4, 0.5) is 11.5 Å². The van der Waals surface area contributed by atoms with Crippen LogP contribution in [-0.4, -0.2) is 73.3 Å². The Labute approximate surface area is 213 Å². The fourth-order valence-corrected chi connectivity index (χ4v) is 5.64. The Balaban J connectivity index is 1.20. The van der Waals surface area contributed by atoms with E-state index in [1.54, 1.807) is 13.4 Å². The number of hydrogen-bond donors (Lipinski definition) is 1. The van der Waals surface area contributed by atoms with Crippen molar-refractivity contribution in [3.05, 3.63) is 53.9 Å². The Kier molecular flexibility index (Phi) is 7.38. The molecule has 2 aliphatic heterocycles. The first-order chi connectivity index (χ1) is 17.6. The van der Waals surface area contributed by atoms with Gasteiger partial charge in [0.15, 0.2) is 0 Å². The van der Waals surface area contributed by atoms with E-state index >= 15 is 0 Å². The van der Waals surface area contributed by atoms with Crippen molar-refractivity contribution in [1.29, 1.82) is 0 Å². The summed E-state index contributed by atoms with van der Waals surface area (Å²) in [7, 11) is 3.92. The summed E-state index contributed by atoms with van der Waals surface area (Å²) in [5, 5.41) is 4.29. The van der Waals surface area contributed by atoms with Gasteiger partial charge in [-0.3, -0.25) is 0 Å². The van der Waals surface area contributed by atoms with Crippen LogP contribution in [0.15, 0.2) is 42.7 Å². The lowest BCUT2D eigenvalue weighted by Crippen LogP contribution is -2.30. The molecule has 1 spiro atoms. The highest BCUT2D eigenvalue weighted by Crippen LogP contribution is 2.38. The van der Waals surface area contributed by atoms with Gasteiger partial charge in [-0.1, -0.05) is 12.0 Å². The fourth-order valence-electron chi connectivity index (χ4n) is 5.64. The molecule has 0 bridgehead atoms. The molecule has 1 N–H and O–H groups in total. The number of hydrogen-bond acceptors (Lipinski definition) is 7. The van der Waals surface area contributed by atoms with Gasteiger partial charge in [-0.05, 0) is 69.1 Å². The second kappa shape index (κ2) is 10.8. The van der Waals surface area contributed by atoms with Crippen molar-refractivity contribution in [3.8, 4) is 18.1 Å². The van der Waals surface area contributed by atoms with Crippen molar-refractivity contribution >= 4 is 22.4 Å². The third-order valence-electron chi connectivity index (χ3n) is 7.50. The molecular formula is C29H35N5O2. The van der Waals surface area contributed by atoms with Gasteiger partial charge in [0.2, 0.25) is 0 Å². The predicted molar refractivity (Wildman–Crippen MR) is 144 cm³/mol. The monoisotopic (exact) mass is 485 g/mol. The number of anilines is 2. The normalized spacial score (nSPS) is 20.2. The summed E-state index contributed by atoms with van der Waals surface area (Å²) in [6, 6.07) is 11.7. The van der Waals surface area contributed by atoms with Crippen LogP contribution in [0.1, 0.15) is 30.4 Å². The fraction of sp³-hybridized carbons (Fsp3) is 0.448. The number of fused-ring (bicyclic) bond motifs is 1. The van der Waals surface area contributed by atoms with E-state index in [1.807, 2.05) is 30.3 Å². The van der Waals surface area contributed by atoms with E-state index in [2.05, 4.69) is 44.1 Å². The zero-order valence-electron chi connectivity index (χ0n) is 21.3. The molecule has 0 amide bonds. The minimum Gasteiger partial charge on any atom is -0.496 e. The van der Waals surface area contributed by atoms with Gasteiger partial charge in [0.05, 0.1) is 19.2 Å². The molecule has 3 heterocycles. The van der Waals surface area contributed by atoms with Crippen LogP contribution in [0, 0.1) is 17.8 Å². The van der Waals surface area contributed by atoms with Gasteiger partial charge < -0.3 is 24.6 Å². The first kappa shape index (κ1) is 24.5. The van der Waals surface area contributed by atoms with Gasteiger partial charge in [0.1, 0.15) is 17.9 Å². The van der Waals surface area contributed by atoms with Gasteiger partial charge in [0.25, 0.3) is 0 Å². The Morgan fingerprint density at radius 3 is 2.83 bits per heavy atom. The summed E-state index contributed by atoms with van der Waals surface area (Å²) in [5.41, 5.74) is 4.01. The summed E-state index contributed by atoms with van der Waals surface area (Å²) in [4.78, 5) is 14.0. The summed E-state index contributed by atoms with van der Waals surface area (Å²) in [5.74, 6) is 4.16.